The second-order valence-electron chi connectivity index (χ2n) is 7.65. The molecule has 1 aromatic rings. The summed E-state index contributed by atoms with van der Waals surface area (Å²) in [6.45, 7) is 12.1. The highest BCUT2D eigenvalue weighted by atomic mass is 79.9. The number of rotatable bonds is 6. The molecule has 0 spiro atoms. The summed E-state index contributed by atoms with van der Waals surface area (Å²) in [6, 6.07) is 7.27. The van der Waals surface area contributed by atoms with Crippen LogP contribution in [0.25, 0.3) is 0 Å². The van der Waals surface area contributed by atoms with Gasteiger partial charge < -0.3 is 4.74 Å². The van der Waals surface area contributed by atoms with Crippen molar-refractivity contribution in [2.75, 3.05) is 18.2 Å². The van der Waals surface area contributed by atoms with E-state index in [1.165, 1.54) is 0 Å². The number of halogens is 1. The van der Waals surface area contributed by atoms with E-state index in [4.69, 9.17) is 4.74 Å². The summed E-state index contributed by atoms with van der Waals surface area (Å²) >= 11 is 3.53. The molecule has 2 rings (SSSR count). The van der Waals surface area contributed by atoms with E-state index in [-0.39, 0.29) is 5.91 Å². The van der Waals surface area contributed by atoms with Crippen molar-refractivity contribution in [2.24, 2.45) is 0 Å². The van der Waals surface area contributed by atoms with Crippen molar-refractivity contribution in [1.82, 2.24) is 0 Å². The van der Waals surface area contributed by atoms with Crippen LogP contribution in [0.2, 0.25) is 25.7 Å². The van der Waals surface area contributed by atoms with Crippen molar-refractivity contribution in [1.29, 1.82) is 0 Å². The number of carbonyl (C=O) groups is 1. The molecule has 122 valence electrons. The van der Waals surface area contributed by atoms with E-state index < -0.39 is 13.5 Å². The van der Waals surface area contributed by atoms with Gasteiger partial charge in [-0.1, -0.05) is 53.8 Å². The Morgan fingerprint density at radius 3 is 2.55 bits per heavy atom. The van der Waals surface area contributed by atoms with E-state index in [1.54, 1.807) is 0 Å². The Morgan fingerprint density at radius 2 is 1.95 bits per heavy atom. The second-order valence-corrected chi connectivity index (χ2v) is 13.8. The molecule has 0 saturated heterocycles. The Labute approximate surface area is 143 Å². The zero-order valence-corrected chi connectivity index (χ0v) is 16.8. The molecule has 0 aromatic heterocycles. The molecule has 22 heavy (non-hydrogen) atoms. The molecular weight excluding hydrogens is 358 g/mol. The first-order valence-electron chi connectivity index (χ1n) is 7.76. The molecule has 3 nitrogen and oxygen atoms in total. The number of para-hydroxylation sites is 1. The zero-order chi connectivity index (χ0) is 16.5. The van der Waals surface area contributed by atoms with Crippen LogP contribution in [0, 0.1) is 0 Å². The van der Waals surface area contributed by atoms with Crippen molar-refractivity contribution in [3.05, 3.63) is 29.3 Å². The van der Waals surface area contributed by atoms with E-state index >= 15 is 0 Å². The first-order valence-corrected chi connectivity index (χ1v) is 12.6. The average Bonchev–Trinajstić information content (AvgIpc) is 2.63. The predicted molar refractivity (Wildman–Crippen MR) is 98.6 cm³/mol. The molecule has 5 heteroatoms. The zero-order valence-electron chi connectivity index (χ0n) is 14.2. The fourth-order valence-electron chi connectivity index (χ4n) is 2.73. The van der Waals surface area contributed by atoms with E-state index in [0.717, 1.165) is 34.8 Å². The van der Waals surface area contributed by atoms with Crippen LogP contribution in [0.4, 0.5) is 5.69 Å². The lowest BCUT2D eigenvalue weighted by atomic mass is 9.85. The molecule has 0 radical (unpaired) electrons. The predicted octanol–water partition coefficient (Wildman–Crippen LogP) is 4.52. The molecule has 0 N–H and O–H groups in total. The minimum Gasteiger partial charge on any atom is -0.361 e. The number of carbonyl (C=O) groups excluding carboxylic acids is 1. The normalized spacial score (nSPS) is 17.0. The molecule has 1 aliphatic heterocycles. The molecule has 0 atom stereocenters. The van der Waals surface area contributed by atoms with Crippen molar-refractivity contribution in [2.45, 2.75) is 50.3 Å². The summed E-state index contributed by atoms with van der Waals surface area (Å²) in [6.07, 6.45) is 0. The monoisotopic (exact) mass is 383 g/mol. The Morgan fingerprint density at radius 1 is 1.27 bits per heavy atom. The topological polar surface area (TPSA) is 29.5 Å². The number of benzene rings is 1. The molecular formula is C17H26BrNO2Si. The van der Waals surface area contributed by atoms with Gasteiger partial charge in [0.15, 0.2) is 0 Å². The number of hydrogen-bond acceptors (Lipinski definition) is 2. The molecule has 0 fully saturated rings. The summed E-state index contributed by atoms with van der Waals surface area (Å²) in [4.78, 5) is 14.6. The van der Waals surface area contributed by atoms with Crippen LogP contribution in [0.3, 0.4) is 0 Å². The number of amides is 1. The Kier molecular flexibility index (Phi) is 5.19. The lowest BCUT2D eigenvalue weighted by molar-refractivity contribution is -0.123. The molecule has 0 saturated carbocycles. The first-order chi connectivity index (χ1) is 10.2. The molecule has 1 amide bonds. The van der Waals surface area contributed by atoms with Gasteiger partial charge in [-0.2, -0.15) is 0 Å². The average molecular weight is 384 g/mol. The van der Waals surface area contributed by atoms with Crippen LogP contribution < -0.4 is 4.90 Å². The number of hydrogen-bond donors (Lipinski definition) is 0. The molecule has 0 unspecified atom stereocenters. The lowest BCUT2D eigenvalue weighted by Crippen LogP contribution is -2.38. The van der Waals surface area contributed by atoms with Crippen molar-refractivity contribution in [3.63, 3.8) is 0 Å². The summed E-state index contributed by atoms with van der Waals surface area (Å²) in [7, 11) is -1.10. The van der Waals surface area contributed by atoms with Crippen LogP contribution in [0.15, 0.2) is 18.2 Å². The SMILES string of the molecule is CC1(C)C(=O)N(COCC[Si](C)(C)C)c2c(CBr)cccc21. The Balaban J connectivity index is 2.18. The van der Waals surface area contributed by atoms with Crippen molar-refractivity contribution in [3.8, 4) is 0 Å². The van der Waals surface area contributed by atoms with Gasteiger partial charge in [-0.05, 0) is 31.0 Å². The largest absolute Gasteiger partial charge is 0.361 e. The van der Waals surface area contributed by atoms with Crippen molar-refractivity contribution >= 4 is 35.6 Å². The maximum absolute atomic E-state index is 12.8. The highest BCUT2D eigenvalue weighted by Crippen LogP contribution is 2.43. The van der Waals surface area contributed by atoms with Crippen molar-refractivity contribution < 1.29 is 9.53 Å². The maximum Gasteiger partial charge on any atom is 0.239 e. The standard InChI is InChI=1S/C17H26BrNO2Si/c1-17(2)14-8-6-7-13(11-18)15(14)19(16(17)20)12-21-9-10-22(3,4)5/h6-8H,9-12H2,1-5H3. The third-order valence-electron chi connectivity index (χ3n) is 4.20. The smallest absolute Gasteiger partial charge is 0.239 e. The second kappa shape index (κ2) is 6.46. The molecule has 0 bridgehead atoms. The fraction of sp³-hybridized carbons (Fsp3) is 0.588. The summed E-state index contributed by atoms with van der Waals surface area (Å²) < 4.78 is 5.84. The highest BCUT2D eigenvalue weighted by Gasteiger charge is 2.44. The van der Waals surface area contributed by atoms with Gasteiger partial charge in [0.1, 0.15) is 6.73 Å². The lowest BCUT2D eigenvalue weighted by Gasteiger charge is -2.22. The number of nitrogens with zero attached hydrogens (tertiary/aromatic N) is 1. The van der Waals surface area contributed by atoms with Gasteiger partial charge in [-0.25, -0.2) is 0 Å². The Hall–Kier alpha value is -0.653. The van der Waals surface area contributed by atoms with E-state index in [0.29, 0.717) is 6.73 Å². The molecule has 1 heterocycles. The number of fused-ring (bicyclic) bond motifs is 1. The van der Waals surface area contributed by atoms with E-state index in [9.17, 15) is 4.79 Å². The highest BCUT2D eigenvalue weighted by molar-refractivity contribution is 9.08. The van der Waals surface area contributed by atoms with Crippen LogP contribution >= 0.6 is 15.9 Å². The number of anilines is 1. The van der Waals surface area contributed by atoms with Crippen LogP contribution in [0.5, 0.6) is 0 Å². The summed E-state index contributed by atoms with van der Waals surface area (Å²) in [5.74, 6) is 0.129. The van der Waals surface area contributed by atoms with Crippen LogP contribution in [-0.2, 0) is 20.3 Å². The van der Waals surface area contributed by atoms with Gasteiger partial charge in [0.2, 0.25) is 5.91 Å². The number of alkyl halides is 1. The molecule has 1 aliphatic rings. The third kappa shape index (κ3) is 3.47. The van der Waals surface area contributed by atoms with Crippen LogP contribution in [-0.4, -0.2) is 27.3 Å². The first kappa shape index (κ1) is 17.7. The molecule has 1 aromatic carbocycles. The number of ether oxygens (including phenoxy) is 1. The van der Waals surface area contributed by atoms with Crippen LogP contribution in [0.1, 0.15) is 25.0 Å². The fourth-order valence-corrected chi connectivity index (χ4v) is 3.94. The minimum atomic E-state index is -1.10. The van der Waals surface area contributed by atoms with Gasteiger partial charge in [0, 0.05) is 20.0 Å². The van der Waals surface area contributed by atoms with Gasteiger partial charge in [0.05, 0.1) is 11.1 Å². The van der Waals surface area contributed by atoms with Gasteiger partial charge in [0.25, 0.3) is 0 Å². The molecule has 0 aliphatic carbocycles. The summed E-state index contributed by atoms with van der Waals surface area (Å²) in [5, 5.41) is 0.741. The van der Waals surface area contributed by atoms with E-state index in [1.807, 2.05) is 24.8 Å². The quantitative estimate of drug-likeness (QED) is 0.410. The van der Waals surface area contributed by atoms with Gasteiger partial charge >= 0.3 is 0 Å². The maximum atomic E-state index is 12.8. The minimum absolute atomic E-state index is 0.129. The van der Waals surface area contributed by atoms with Gasteiger partial charge in [-0.3, -0.25) is 9.69 Å². The summed E-state index contributed by atoms with van der Waals surface area (Å²) in [5.41, 5.74) is 2.80. The third-order valence-corrected chi connectivity index (χ3v) is 6.51. The van der Waals surface area contributed by atoms with Gasteiger partial charge in [-0.15, -0.1) is 0 Å². The Bertz CT molecular complexity index is 566. The van der Waals surface area contributed by atoms with E-state index in [2.05, 4.69) is 47.7 Å².